The highest BCUT2D eigenvalue weighted by molar-refractivity contribution is 7.99. The fourth-order valence-electron chi connectivity index (χ4n) is 3.70. The minimum absolute atomic E-state index is 0.0301. The van der Waals surface area contributed by atoms with E-state index in [1.165, 1.54) is 11.8 Å². The number of amides is 2. The lowest BCUT2D eigenvalue weighted by Gasteiger charge is -2.36. The van der Waals surface area contributed by atoms with Crippen molar-refractivity contribution in [1.29, 1.82) is 0 Å². The molecule has 1 saturated heterocycles. The number of nitrogens with one attached hydrogen (secondary N) is 3. The van der Waals surface area contributed by atoms with Gasteiger partial charge in [-0.25, -0.2) is 14.8 Å². The Balaban J connectivity index is 1.51. The number of aromatic nitrogens is 4. The minimum Gasteiger partial charge on any atom is -0.444 e. The zero-order valence-electron chi connectivity index (χ0n) is 22.4. The fraction of sp³-hybridized carbons (Fsp3) is 0.423. The van der Waals surface area contributed by atoms with Crippen LogP contribution in [0.4, 0.5) is 27.9 Å². The molecule has 0 radical (unpaired) electrons. The second-order valence-corrected chi connectivity index (χ2v) is 11.0. The molecule has 11 nitrogen and oxygen atoms in total. The lowest BCUT2D eigenvalue weighted by Crippen LogP contribution is -2.50. The molecule has 0 saturated carbocycles. The summed E-state index contributed by atoms with van der Waals surface area (Å²) in [5.74, 6) is 2.00. The molecule has 4 rings (SSSR count). The number of ether oxygens (including phenoxy) is 1. The molecule has 0 unspecified atom stereocenters. The largest absolute Gasteiger partial charge is 0.444 e. The molecule has 38 heavy (non-hydrogen) atoms. The molecule has 0 spiro atoms. The number of H-pyrrole nitrogens is 1. The molecule has 0 aliphatic carbocycles. The average molecular weight is 539 g/mol. The van der Waals surface area contributed by atoms with E-state index in [9.17, 15) is 9.59 Å². The van der Waals surface area contributed by atoms with Crippen LogP contribution in [-0.2, 0) is 9.53 Å². The van der Waals surface area contributed by atoms with Crippen LogP contribution in [0.1, 0.15) is 39.8 Å². The van der Waals surface area contributed by atoms with Crippen LogP contribution in [0.15, 0.2) is 46.5 Å². The Bertz CT molecular complexity index is 1260. The number of rotatable bonds is 7. The SMILES string of the molecule is CCC(=O)Nc1ccc(Sc2nc(Nc3cc(C)[nH]n3)cc(N3CCN(C(=O)OC(C)(C)C)CC3)n2)cc1. The summed E-state index contributed by atoms with van der Waals surface area (Å²) in [7, 11) is 0. The van der Waals surface area contributed by atoms with Crippen molar-refractivity contribution in [3.05, 3.63) is 42.1 Å². The van der Waals surface area contributed by atoms with Crippen LogP contribution in [0.25, 0.3) is 0 Å². The molecule has 3 heterocycles. The van der Waals surface area contributed by atoms with Crippen LogP contribution in [0, 0.1) is 6.92 Å². The Morgan fingerprint density at radius 3 is 2.37 bits per heavy atom. The molecule has 3 N–H and O–H groups in total. The summed E-state index contributed by atoms with van der Waals surface area (Å²) in [5.41, 5.74) is 1.15. The maximum Gasteiger partial charge on any atom is 0.410 e. The minimum atomic E-state index is -0.530. The number of carbonyl (C=O) groups excluding carboxylic acids is 2. The van der Waals surface area contributed by atoms with E-state index in [1.807, 2.05) is 71.0 Å². The maximum absolute atomic E-state index is 12.5. The summed E-state index contributed by atoms with van der Waals surface area (Å²) in [4.78, 5) is 38.5. The number of carbonyl (C=O) groups is 2. The standard InChI is InChI=1S/C26H34N8O3S/c1-6-23(35)27-18-7-9-19(10-8-18)38-24-29-20(28-21-15-17(2)31-32-21)16-22(30-24)33-11-13-34(14-12-33)25(36)37-26(3,4)5/h7-10,15-16H,6,11-14H2,1-5H3,(H,27,35)(H2,28,29,30,31,32). The van der Waals surface area contributed by atoms with Gasteiger partial charge in [-0.2, -0.15) is 5.10 Å². The highest BCUT2D eigenvalue weighted by Gasteiger charge is 2.27. The first-order valence-corrected chi connectivity index (χ1v) is 13.4. The summed E-state index contributed by atoms with van der Waals surface area (Å²) in [6.45, 7) is 11.7. The van der Waals surface area contributed by atoms with Gasteiger partial charge in [0.25, 0.3) is 0 Å². The van der Waals surface area contributed by atoms with Gasteiger partial charge in [-0.3, -0.25) is 9.89 Å². The molecule has 1 aliphatic heterocycles. The van der Waals surface area contributed by atoms with E-state index in [4.69, 9.17) is 14.7 Å². The Hall–Kier alpha value is -3.80. The second-order valence-electron chi connectivity index (χ2n) is 9.94. The molecule has 2 amide bonds. The first-order valence-electron chi connectivity index (χ1n) is 12.6. The summed E-state index contributed by atoms with van der Waals surface area (Å²) >= 11 is 1.43. The summed E-state index contributed by atoms with van der Waals surface area (Å²) < 4.78 is 5.52. The van der Waals surface area contributed by atoms with Gasteiger partial charge >= 0.3 is 6.09 Å². The number of piperazine rings is 1. The van der Waals surface area contributed by atoms with Crippen LogP contribution < -0.4 is 15.5 Å². The van der Waals surface area contributed by atoms with Gasteiger partial charge < -0.3 is 25.2 Å². The van der Waals surface area contributed by atoms with Gasteiger partial charge in [-0.15, -0.1) is 0 Å². The van der Waals surface area contributed by atoms with E-state index in [2.05, 4.69) is 25.7 Å². The van der Waals surface area contributed by atoms with Gasteiger partial charge in [-0.1, -0.05) is 6.92 Å². The summed E-state index contributed by atoms with van der Waals surface area (Å²) in [6, 6.07) is 11.4. The van der Waals surface area contributed by atoms with Gasteiger partial charge in [0.1, 0.15) is 17.2 Å². The Morgan fingerprint density at radius 1 is 1.05 bits per heavy atom. The third-order valence-electron chi connectivity index (χ3n) is 5.58. The van der Waals surface area contributed by atoms with Crippen molar-refractivity contribution in [3.63, 3.8) is 0 Å². The van der Waals surface area contributed by atoms with Crippen molar-refractivity contribution in [2.45, 2.75) is 56.7 Å². The number of benzene rings is 1. The van der Waals surface area contributed by atoms with E-state index in [1.54, 1.807) is 4.90 Å². The van der Waals surface area contributed by atoms with E-state index in [-0.39, 0.29) is 12.0 Å². The van der Waals surface area contributed by atoms with Crippen LogP contribution in [0.3, 0.4) is 0 Å². The lowest BCUT2D eigenvalue weighted by molar-refractivity contribution is -0.115. The Kier molecular flexibility index (Phi) is 8.40. The van der Waals surface area contributed by atoms with Crippen LogP contribution >= 0.6 is 11.8 Å². The molecule has 1 aliphatic rings. The van der Waals surface area contributed by atoms with Crippen molar-refractivity contribution >= 4 is 46.9 Å². The number of hydrogen-bond acceptors (Lipinski definition) is 9. The van der Waals surface area contributed by atoms with E-state index >= 15 is 0 Å². The topological polar surface area (TPSA) is 128 Å². The molecule has 1 aromatic carbocycles. The molecule has 202 valence electrons. The number of aromatic amines is 1. The number of hydrogen-bond donors (Lipinski definition) is 3. The average Bonchev–Trinajstić information content (AvgIpc) is 3.28. The van der Waals surface area contributed by atoms with Crippen molar-refractivity contribution in [2.24, 2.45) is 0 Å². The fourth-order valence-corrected chi connectivity index (χ4v) is 4.47. The first-order chi connectivity index (χ1) is 18.1. The Morgan fingerprint density at radius 2 is 1.76 bits per heavy atom. The molecule has 3 aromatic rings. The van der Waals surface area contributed by atoms with Gasteiger partial charge in [0.2, 0.25) is 5.91 Å². The predicted molar refractivity (Wildman–Crippen MR) is 148 cm³/mol. The smallest absolute Gasteiger partial charge is 0.410 e. The van der Waals surface area contributed by atoms with E-state index in [0.717, 1.165) is 22.1 Å². The van der Waals surface area contributed by atoms with Crippen molar-refractivity contribution in [3.8, 4) is 0 Å². The van der Waals surface area contributed by atoms with Gasteiger partial charge in [-0.05, 0) is 63.7 Å². The summed E-state index contributed by atoms with van der Waals surface area (Å²) in [6.07, 6.45) is 0.125. The zero-order valence-corrected chi connectivity index (χ0v) is 23.2. The van der Waals surface area contributed by atoms with Crippen LogP contribution in [0.5, 0.6) is 0 Å². The number of anilines is 4. The van der Waals surface area contributed by atoms with Crippen molar-refractivity contribution < 1.29 is 14.3 Å². The molecule has 0 atom stereocenters. The van der Waals surface area contributed by atoms with E-state index in [0.29, 0.717) is 49.4 Å². The molecular weight excluding hydrogens is 504 g/mol. The van der Waals surface area contributed by atoms with Crippen molar-refractivity contribution in [1.82, 2.24) is 25.1 Å². The van der Waals surface area contributed by atoms with Gasteiger partial charge in [0.05, 0.1) is 0 Å². The van der Waals surface area contributed by atoms with E-state index < -0.39 is 5.60 Å². The molecule has 1 fully saturated rings. The predicted octanol–water partition coefficient (Wildman–Crippen LogP) is 4.81. The normalized spacial score (nSPS) is 13.8. The van der Waals surface area contributed by atoms with Gasteiger partial charge in [0, 0.05) is 61.0 Å². The lowest BCUT2D eigenvalue weighted by atomic mass is 10.2. The number of aryl methyl sites for hydroxylation is 1. The quantitative estimate of drug-likeness (QED) is 0.363. The molecule has 2 aromatic heterocycles. The molecule has 0 bridgehead atoms. The third-order valence-corrected chi connectivity index (χ3v) is 6.45. The Labute approximate surface area is 226 Å². The highest BCUT2D eigenvalue weighted by Crippen LogP contribution is 2.30. The van der Waals surface area contributed by atoms with Crippen LogP contribution in [-0.4, -0.2) is 68.8 Å². The first kappa shape index (κ1) is 27.2. The summed E-state index contributed by atoms with van der Waals surface area (Å²) in [5, 5.41) is 13.9. The highest BCUT2D eigenvalue weighted by atomic mass is 32.2. The number of nitrogens with zero attached hydrogens (tertiary/aromatic N) is 5. The van der Waals surface area contributed by atoms with Crippen LogP contribution in [0.2, 0.25) is 0 Å². The monoisotopic (exact) mass is 538 g/mol. The maximum atomic E-state index is 12.5. The molecule has 12 heteroatoms. The third kappa shape index (κ3) is 7.60. The molecular formula is C26H34N8O3S. The van der Waals surface area contributed by atoms with Gasteiger partial charge in [0.15, 0.2) is 11.0 Å². The second kappa shape index (κ2) is 11.7. The van der Waals surface area contributed by atoms with Crippen molar-refractivity contribution in [2.75, 3.05) is 41.7 Å². The zero-order chi connectivity index (χ0) is 27.3.